The summed E-state index contributed by atoms with van der Waals surface area (Å²) < 4.78 is 5.84. The maximum atomic E-state index is 12.2. The highest BCUT2D eigenvalue weighted by molar-refractivity contribution is 8.00. The molecule has 1 aromatic rings. The summed E-state index contributed by atoms with van der Waals surface area (Å²) in [7, 11) is 0. The molecular formula is C15H19ClN2O2S. The van der Waals surface area contributed by atoms with Crippen LogP contribution in [0.4, 0.5) is 4.79 Å². The molecule has 21 heavy (non-hydrogen) atoms. The summed E-state index contributed by atoms with van der Waals surface area (Å²) in [5, 5.41) is 3.67. The van der Waals surface area contributed by atoms with E-state index in [1.165, 1.54) is 0 Å². The lowest BCUT2D eigenvalue weighted by atomic mass is 10.1. The van der Waals surface area contributed by atoms with Crippen LogP contribution in [0.3, 0.4) is 0 Å². The lowest BCUT2D eigenvalue weighted by Gasteiger charge is -2.37. The Bertz CT molecular complexity index is 493. The molecule has 1 spiro atoms. The highest BCUT2D eigenvalue weighted by Gasteiger charge is 2.40. The van der Waals surface area contributed by atoms with E-state index in [9.17, 15) is 4.79 Å². The van der Waals surface area contributed by atoms with Crippen LogP contribution in [0.1, 0.15) is 18.4 Å². The Morgan fingerprint density at radius 1 is 1.33 bits per heavy atom. The average Bonchev–Trinajstić information content (AvgIpc) is 2.95. The van der Waals surface area contributed by atoms with Crippen molar-refractivity contribution in [3.8, 4) is 0 Å². The SMILES string of the molecule is O=C(NCc1ccc(Cl)cc1)N1CCC2(CC1)OCCS2. The second kappa shape index (κ2) is 6.46. The summed E-state index contributed by atoms with van der Waals surface area (Å²) in [6, 6.07) is 7.53. The van der Waals surface area contributed by atoms with E-state index in [1.54, 1.807) is 0 Å². The second-order valence-corrected chi connectivity index (χ2v) is 7.26. The number of carbonyl (C=O) groups excluding carboxylic acids is 1. The maximum Gasteiger partial charge on any atom is 0.317 e. The van der Waals surface area contributed by atoms with E-state index < -0.39 is 0 Å². The Morgan fingerprint density at radius 2 is 2.05 bits per heavy atom. The van der Waals surface area contributed by atoms with Crippen molar-refractivity contribution in [3.63, 3.8) is 0 Å². The Hall–Kier alpha value is -0.910. The van der Waals surface area contributed by atoms with Crippen LogP contribution in [0.15, 0.2) is 24.3 Å². The van der Waals surface area contributed by atoms with Crippen LogP contribution < -0.4 is 5.32 Å². The second-order valence-electron chi connectivity index (χ2n) is 5.38. The summed E-state index contributed by atoms with van der Waals surface area (Å²) in [5.74, 6) is 1.07. The predicted molar refractivity (Wildman–Crippen MR) is 85.6 cm³/mol. The molecule has 0 saturated carbocycles. The average molecular weight is 327 g/mol. The Kier molecular flexibility index (Phi) is 4.62. The quantitative estimate of drug-likeness (QED) is 0.908. The molecule has 3 rings (SSSR count). The van der Waals surface area contributed by atoms with Crippen LogP contribution in [0.25, 0.3) is 0 Å². The molecule has 0 aromatic heterocycles. The fourth-order valence-corrected chi connectivity index (χ4v) is 4.03. The number of likely N-dealkylation sites (tertiary alicyclic amines) is 1. The molecule has 0 bridgehead atoms. The van der Waals surface area contributed by atoms with Gasteiger partial charge in [0.25, 0.3) is 0 Å². The first-order valence-electron chi connectivity index (χ1n) is 7.22. The Balaban J connectivity index is 1.47. The first-order chi connectivity index (χ1) is 10.2. The highest BCUT2D eigenvalue weighted by atomic mass is 35.5. The molecule has 0 atom stereocenters. The monoisotopic (exact) mass is 326 g/mol. The number of benzene rings is 1. The highest BCUT2D eigenvalue weighted by Crippen LogP contribution is 2.41. The van der Waals surface area contributed by atoms with Crippen LogP contribution in [-0.4, -0.2) is 41.3 Å². The van der Waals surface area contributed by atoms with Gasteiger partial charge in [-0.1, -0.05) is 23.7 Å². The van der Waals surface area contributed by atoms with Crippen molar-refractivity contribution >= 4 is 29.4 Å². The maximum absolute atomic E-state index is 12.2. The molecule has 6 heteroatoms. The van der Waals surface area contributed by atoms with Gasteiger partial charge in [-0.2, -0.15) is 0 Å². The van der Waals surface area contributed by atoms with Gasteiger partial charge in [0.1, 0.15) is 4.93 Å². The molecule has 2 aliphatic heterocycles. The molecule has 2 saturated heterocycles. The number of urea groups is 1. The molecule has 0 radical (unpaired) electrons. The normalized spacial score (nSPS) is 20.7. The summed E-state index contributed by atoms with van der Waals surface area (Å²) in [6.45, 7) is 2.90. The van der Waals surface area contributed by atoms with Crippen molar-refractivity contribution in [2.24, 2.45) is 0 Å². The number of nitrogens with zero attached hydrogens (tertiary/aromatic N) is 1. The number of hydrogen-bond acceptors (Lipinski definition) is 3. The molecule has 2 fully saturated rings. The van der Waals surface area contributed by atoms with Crippen molar-refractivity contribution in [2.45, 2.75) is 24.3 Å². The van der Waals surface area contributed by atoms with E-state index in [0.29, 0.717) is 11.6 Å². The number of ether oxygens (including phenoxy) is 1. The minimum atomic E-state index is -0.0209. The van der Waals surface area contributed by atoms with Gasteiger partial charge in [0.05, 0.1) is 6.61 Å². The molecule has 4 nitrogen and oxygen atoms in total. The first-order valence-corrected chi connectivity index (χ1v) is 8.58. The van der Waals surface area contributed by atoms with Crippen molar-refractivity contribution in [1.29, 1.82) is 0 Å². The number of nitrogens with one attached hydrogen (secondary N) is 1. The van der Waals surface area contributed by atoms with Crippen molar-refractivity contribution in [3.05, 3.63) is 34.9 Å². The third-order valence-corrected chi connectivity index (χ3v) is 5.66. The van der Waals surface area contributed by atoms with Gasteiger partial charge in [-0.3, -0.25) is 0 Å². The number of amides is 2. The molecule has 2 heterocycles. The Labute approximate surface area is 134 Å². The minimum Gasteiger partial charge on any atom is -0.363 e. The van der Waals surface area contributed by atoms with Crippen LogP contribution in [0.2, 0.25) is 5.02 Å². The topological polar surface area (TPSA) is 41.6 Å². The number of hydrogen-bond donors (Lipinski definition) is 1. The molecule has 0 aliphatic carbocycles. The molecule has 0 unspecified atom stereocenters. The predicted octanol–water partition coefficient (Wildman–Crippen LogP) is 3.11. The number of carbonyl (C=O) groups is 1. The number of halogens is 1. The van der Waals surface area contributed by atoms with E-state index in [-0.39, 0.29) is 11.0 Å². The summed E-state index contributed by atoms with van der Waals surface area (Å²) in [4.78, 5) is 14.0. The van der Waals surface area contributed by atoms with Crippen molar-refractivity contribution in [2.75, 3.05) is 25.4 Å². The van der Waals surface area contributed by atoms with Crippen LogP contribution in [-0.2, 0) is 11.3 Å². The van der Waals surface area contributed by atoms with Gasteiger partial charge >= 0.3 is 6.03 Å². The molecular weight excluding hydrogens is 308 g/mol. The van der Waals surface area contributed by atoms with Crippen molar-refractivity contribution in [1.82, 2.24) is 10.2 Å². The van der Waals surface area contributed by atoms with Gasteiger partial charge < -0.3 is 15.0 Å². The number of rotatable bonds is 2. The third kappa shape index (κ3) is 3.65. The summed E-state index contributed by atoms with van der Waals surface area (Å²) in [6.07, 6.45) is 1.85. The zero-order chi connectivity index (χ0) is 14.7. The minimum absolute atomic E-state index is 0.00259. The molecule has 1 aromatic carbocycles. The van der Waals surface area contributed by atoms with Gasteiger partial charge in [0, 0.05) is 43.3 Å². The number of piperidine rings is 1. The van der Waals surface area contributed by atoms with Gasteiger partial charge in [0.15, 0.2) is 0 Å². The Morgan fingerprint density at radius 3 is 2.67 bits per heavy atom. The van der Waals surface area contributed by atoms with Crippen molar-refractivity contribution < 1.29 is 9.53 Å². The summed E-state index contributed by atoms with van der Waals surface area (Å²) >= 11 is 7.74. The van der Waals surface area contributed by atoms with Gasteiger partial charge in [-0.05, 0) is 17.7 Å². The molecule has 1 N–H and O–H groups in total. The largest absolute Gasteiger partial charge is 0.363 e. The lowest BCUT2D eigenvalue weighted by Crippen LogP contribution is -2.48. The number of thioether (sulfide) groups is 1. The van der Waals surface area contributed by atoms with E-state index >= 15 is 0 Å². The zero-order valence-electron chi connectivity index (χ0n) is 11.8. The van der Waals surface area contributed by atoms with Crippen LogP contribution in [0.5, 0.6) is 0 Å². The standard InChI is InChI=1S/C15H19ClN2O2S/c16-13-3-1-12(2-4-13)11-17-14(19)18-7-5-15(6-8-18)20-9-10-21-15/h1-4H,5-11H2,(H,17,19). The van der Waals surface area contributed by atoms with Gasteiger partial charge in [-0.15, -0.1) is 11.8 Å². The van der Waals surface area contributed by atoms with E-state index in [2.05, 4.69) is 5.32 Å². The lowest BCUT2D eigenvalue weighted by molar-refractivity contribution is 0.00942. The van der Waals surface area contributed by atoms with Gasteiger partial charge in [0.2, 0.25) is 0 Å². The molecule has 2 aliphatic rings. The first kappa shape index (κ1) is 15.0. The van der Waals surface area contributed by atoms with Gasteiger partial charge in [-0.25, -0.2) is 4.79 Å². The molecule has 2 amide bonds. The third-order valence-electron chi connectivity index (χ3n) is 3.98. The fraction of sp³-hybridized carbons (Fsp3) is 0.533. The van der Waals surface area contributed by atoms with E-state index in [1.807, 2.05) is 40.9 Å². The van der Waals surface area contributed by atoms with E-state index in [0.717, 1.165) is 43.9 Å². The molecule has 114 valence electrons. The van der Waals surface area contributed by atoms with Crippen LogP contribution in [0, 0.1) is 0 Å². The smallest absolute Gasteiger partial charge is 0.317 e. The van der Waals surface area contributed by atoms with E-state index in [4.69, 9.17) is 16.3 Å². The van der Waals surface area contributed by atoms with Crippen LogP contribution >= 0.6 is 23.4 Å². The summed E-state index contributed by atoms with van der Waals surface area (Å²) in [5.41, 5.74) is 1.05. The fourth-order valence-electron chi connectivity index (χ4n) is 2.73. The zero-order valence-corrected chi connectivity index (χ0v) is 13.4.